The van der Waals surface area contributed by atoms with Crippen molar-refractivity contribution < 1.29 is 24.2 Å². The number of nitrogens with zero attached hydrogens (tertiary/aromatic N) is 1. The van der Waals surface area contributed by atoms with E-state index >= 15 is 0 Å². The molecule has 1 atom stereocenters. The van der Waals surface area contributed by atoms with E-state index in [9.17, 15) is 14.7 Å². The molecule has 0 saturated heterocycles. The number of carbonyl (C=O) groups excluding carboxylic acids is 1. The smallest absolute Gasteiger partial charge is 0.308 e. The average molecular weight is 384 g/mol. The van der Waals surface area contributed by atoms with Gasteiger partial charge in [0.05, 0.1) is 5.92 Å². The lowest BCUT2D eigenvalue weighted by molar-refractivity contribution is -0.144. The van der Waals surface area contributed by atoms with Crippen LogP contribution in [-0.4, -0.2) is 48.7 Å². The van der Waals surface area contributed by atoms with Gasteiger partial charge >= 0.3 is 5.97 Å². The zero-order valence-corrected chi connectivity index (χ0v) is 15.8. The highest BCUT2D eigenvalue weighted by Gasteiger charge is 2.23. The van der Waals surface area contributed by atoms with Crippen LogP contribution in [0.5, 0.6) is 11.5 Å². The van der Waals surface area contributed by atoms with Crippen molar-refractivity contribution in [3.8, 4) is 11.5 Å². The van der Waals surface area contributed by atoms with Gasteiger partial charge in [-0.15, -0.1) is 0 Å². The molecule has 148 valence electrons. The lowest BCUT2D eigenvalue weighted by Crippen LogP contribution is -2.33. The fourth-order valence-corrected chi connectivity index (χ4v) is 3.12. The van der Waals surface area contributed by atoms with E-state index in [-0.39, 0.29) is 18.9 Å². The summed E-state index contributed by atoms with van der Waals surface area (Å²) >= 11 is 0. The van der Waals surface area contributed by atoms with Crippen molar-refractivity contribution in [3.63, 3.8) is 0 Å². The van der Waals surface area contributed by atoms with Crippen molar-refractivity contribution in [2.24, 2.45) is 5.92 Å². The number of nitrogens with one attached hydrogen (secondary N) is 1. The summed E-state index contributed by atoms with van der Waals surface area (Å²) in [6, 6.07) is 14.9. The van der Waals surface area contributed by atoms with E-state index in [0.29, 0.717) is 36.9 Å². The average Bonchev–Trinajstić information content (AvgIpc) is 2.68. The fraction of sp³-hybridized carbons (Fsp3) is 0.333. The molecule has 0 fully saturated rings. The second-order valence-corrected chi connectivity index (χ2v) is 6.83. The molecule has 1 amide bonds. The third-order valence-corrected chi connectivity index (χ3v) is 4.43. The third kappa shape index (κ3) is 5.47. The van der Waals surface area contributed by atoms with Gasteiger partial charge in [0, 0.05) is 31.3 Å². The first-order valence-corrected chi connectivity index (χ1v) is 9.16. The molecule has 0 aromatic heterocycles. The van der Waals surface area contributed by atoms with Crippen LogP contribution in [0.2, 0.25) is 0 Å². The van der Waals surface area contributed by atoms with E-state index in [2.05, 4.69) is 5.32 Å². The van der Waals surface area contributed by atoms with Crippen molar-refractivity contribution >= 4 is 17.6 Å². The summed E-state index contributed by atoms with van der Waals surface area (Å²) in [5.74, 6) is -0.933. The quantitative estimate of drug-likeness (QED) is 0.727. The van der Waals surface area contributed by atoms with Gasteiger partial charge in [-0.25, -0.2) is 0 Å². The molecule has 1 heterocycles. The van der Waals surface area contributed by atoms with Gasteiger partial charge in [0.15, 0.2) is 11.5 Å². The molecule has 28 heavy (non-hydrogen) atoms. The highest BCUT2D eigenvalue weighted by atomic mass is 16.6. The minimum atomic E-state index is -0.989. The van der Waals surface area contributed by atoms with Crippen LogP contribution in [0.3, 0.4) is 0 Å². The van der Waals surface area contributed by atoms with Gasteiger partial charge < -0.3 is 24.8 Å². The molecule has 1 aliphatic rings. The van der Waals surface area contributed by atoms with Crippen LogP contribution in [0.25, 0.3) is 0 Å². The number of carboxylic acids is 1. The first-order chi connectivity index (χ1) is 13.5. The lowest BCUT2D eigenvalue weighted by Gasteiger charge is -2.22. The number of fused-ring (bicyclic) bond motifs is 1. The van der Waals surface area contributed by atoms with E-state index in [4.69, 9.17) is 9.47 Å². The van der Waals surface area contributed by atoms with E-state index in [1.54, 1.807) is 18.2 Å². The van der Waals surface area contributed by atoms with Crippen molar-refractivity contribution in [3.05, 3.63) is 54.1 Å². The predicted octanol–water partition coefficient (Wildman–Crippen LogP) is 2.62. The molecule has 0 spiro atoms. The zero-order chi connectivity index (χ0) is 19.9. The molecular formula is C21H24N2O5. The van der Waals surface area contributed by atoms with E-state index in [1.165, 1.54) is 0 Å². The van der Waals surface area contributed by atoms with Gasteiger partial charge in [0.25, 0.3) is 0 Å². The molecule has 2 N–H and O–H groups in total. The topological polar surface area (TPSA) is 88.1 Å². The van der Waals surface area contributed by atoms with Crippen LogP contribution < -0.4 is 14.8 Å². The second-order valence-electron chi connectivity index (χ2n) is 6.83. The summed E-state index contributed by atoms with van der Waals surface area (Å²) in [5.41, 5.74) is 1.64. The molecule has 7 nitrogen and oxygen atoms in total. The van der Waals surface area contributed by atoms with Gasteiger partial charge in [-0.3, -0.25) is 9.59 Å². The minimum absolute atomic E-state index is 0.108. The molecule has 0 bridgehead atoms. The maximum Gasteiger partial charge on any atom is 0.308 e. The van der Waals surface area contributed by atoms with Gasteiger partial charge in [-0.05, 0) is 24.7 Å². The molecule has 2 aromatic carbocycles. The van der Waals surface area contributed by atoms with E-state index in [1.807, 2.05) is 42.3 Å². The normalized spacial score (nSPS) is 13.8. The number of hydrogen-bond donors (Lipinski definition) is 2. The van der Waals surface area contributed by atoms with Crippen LogP contribution >= 0.6 is 0 Å². The Bertz CT molecular complexity index is 825. The van der Waals surface area contributed by atoms with Crippen LogP contribution in [0.15, 0.2) is 48.5 Å². The maximum atomic E-state index is 12.4. The number of aliphatic carboxylic acids is 1. The van der Waals surface area contributed by atoms with E-state index in [0.717, 1.165) is 5.56 Å². The van der Waals surface area contributed by atoms with Crippen LogP contribution in [0, 0.1) is 5.92 Å². The number of anilines is 1. The SMILES string of the molecule is CN(Cc1ccccc1)CC(CC(=O)Nc1ccc2c(c1)OCCO2)C(=O)O. The number of carboxylic acid groups (broad SMARTS) is 1. The number of rotatable bonds is 8. The van der Waals surface area contributed by atoms with Crippen LogP contribution in [-0.2, 0) is 16.1 Å². The predicted molar refractivity (Wildman–Crippen MR) is 105 cm³/mol. The maximum absolute atomic E-state index is 12.4. The monoisotopic (exact) mass is 384 g/mol. The summed E-state index contributed by atoms with van der Waals surface area (Å²) in [6.07, 6.45) is -0.108. The Hall–Kier alpha value is -3.06. The molecule has 1 aliphatic heterocycles. The van der Waals surface area contributed by atoms with Gasteiger partial charge in [0.1, 0.15) is 13.2 Å². The molecule has 3 rings (SSSR count). The first-order valence-electron chi connectivity index (χ1n) is 9.16. The van der Waals surface area contributed by atoms with Crippen molar-refractivity contribution in [1.29, 1.82) is 0 Å². The second kappa shape index (κ2) is 9.23. The molecule has 0 radical (unpaired) electrons. The van der Waals surface area contributed by atoms with Gasteiger partial charge in [-0.2, -0.15) is 0 Å². The number of carbonyl (C=O) groups is 2. The Labute approximate surface area is 163 Å². The summed E-state index contributed by atoms with van der Waals surface area (Å²) in [5, 5.41) is 12.3. The molecule has 0 saturated carbocycles. The Morgan fingerprint density at radius 2 is 1.82 bits per heavy atom. The Morgan fingerprint density at radius 1 is 1.11 bits per heavy atom. The first kappa shape index (κ1) is 19.7. The summed E-state index contributed by atoms with van der Waals surface area (Å²) in [6.45, 7) is 1.85. The molecule has 7 heteroatoms. The number of hydrogen-bond acceptors (Lipinski definition) is 5. The molecule has 1 unspecified atom stereocenters. The number of benzene rings is 2. The Morgan fingerprint density at radius 3 is 2.54 bits per heavy atom. The largest absolute Gasteiger partial charge is 0.486 e. The Kier molecular flexibility index (Phi) is 6.49. The highest BCUT2D eigenvalue weighted by molar-refractivity contribution is 5.93. The van der Waals surface area contributed by atoms with Gasteiger partial charge in [0.2, 0.25) is 5.91 Å². The lowest BCUT2D eigenvalue weighted by atomic mass is 10.0. The third-order valence-electron chi connectivity index (χ3n) is 4.43. The van der Waals surface area contributed by atoms with Crippen LogP contribution in [0.4, 0.5) is 5.69 Å². The van der Waals surface area contributed by atoms with Crippen molar-refractivity contribution in [1.82, 2.24) is 4.90 Å². The molecule has 2 aromatic rings. The highest BCUT2D eigenvalue weighted by Crippen LogP contribution is 2.32. The van der Waals surface area contributed by atoms with Gasteiger partial charge in [-0.1, -0.05) is 30.3 Å². The standard InChI is InChI=1S/C21H24N2O5/c1-23(13-15-5-3-2-4-6-15)14-16(21(25)26)11-20(24)22-17-7-8-18-19(12-17)28-10-9-27-18/h2-8,12,16H,9-11,13-14H2,1H3,(H,22,24)(H,25,26). The number of amides is 1. The zero-order valence-electron chi connectivity index (χ0n) is 15.8. The summed E-state index contributed by atoms with van der Waals surface area (Å²) in [7, 11) is 1.85. The van der Waals surface area contributed by atoms with E-state index < -0.39 is 11.9 Å². The van der Waals surface area contributed by atoms with Crippen LogP contribution in [0.1, 0.15) is 12.0 Å². The van der Waals surface area contributed by atoms with Crippen molar-refractivity contribution in [2.75, 3.05) is 32.1 Å². The molecule has 0 aliphatic carbocycles. The summed E-state index contributed by atoms with van der Waals surface area (Å²) < 4.78 is 10.9. The number of ether oxygens (including phenoxy) is 2. The molecular weight excluding hydrogens is 360 g/mol. The minimum Gasteiger partial charge on any atom is -0.486 e. The Balaban J connectivity index is 1.56. The van der Waals surface area contributed by atoms with Crippen molar-refractivity contribution in [2.45, 2.75) is 13.0 Å². The summed E-state index contributed by atoms with van der Waals surface area (Å²) in [4.78, 5) is 25.9. The fourth-order valence-electron chi connectivity index (χ4n) is 3.12.